The average Bonchev–Trinajstić information content (AvgIpc) is 2.08. The maximum Gasteiger partial charge on any atom is 0.223 e. The summed E-state index contributed by atoms with van der Waals surface area (Å²) < 4.78 is 13.4. The van der Waals surface area contributed by atoms with E-state index in [1.54, 1.807) is 19.2 Å². The fourth-order valence-electron chi connectivity index (χ4n) is 0.875. The highest BCUT2D eigenvalue weighted by Crippen LogP contribution is 2.21. The van der Waals surface area contributed by atoms with Crippen LogP contribution in [-0.2, 0) is 4.79 Å². The number of hydrogen-bond acceptors (Lipinski definition) is 1. The largest absolute Gasteiger partial charge is 0.316 e. The van der Waals surface area contributed by atoms with Crippen LogP contribution in [0.4, 0.5) is 10.1 Å². The van der Waals surface area contributed by atoms with Crippen molar-refractivity contribution in [3.05, 3.63) is 28.5 Å². The number of anilines is 1. The third kappa shape index (κ3) is 2.28. The maximum atomic E-state index is 13.0. The van der Waals surface area contributed by atoms with Crippen molar-refractivity contribution in [2.75, 3.05) is 11.9 Å². The Labute approximate surface area is 84.5 Å². The minimum Gasteiger partial charge on any atom is -0.316 e. The molecule has 0 saturated heterocycles. The Morgan fingerprint density at radius 3 is 2.62 bits per heavy atom. The monoisotopic (exact) mass is 245 g/mol. The molecule has 1 rings (SSSR count). The second-order valence-electron chi connectivity index (χ2n) is 2.68. The van der Waals surface area contributed by atoms with Gasteiger partial charge in [0.05, 0.1) is 4.47 Å². The molecule has 0 radical (unpaired) electrons. The van der Waals surface area contributed by atoms with Crippen LogP contribution in [0, 0.1) is 5.82 Å². The van der Waals surface area contributed by atoms with Gasteiger partial charge in [-0.05, 0) is 34.1 Å². The maximum absolute atomic E-state index is 13.0. The van der Waals surface area contributed by atoms with E-state index in [0.29, 0.717) is 10.2 Å². The molecule has 1 aromatic carbocycles. The SMILES string of the molecule is CC(=O)N(C)c1ccc(Br)c(F)c1. The molecular weight excluding hydrogens is 237 g/mol. The third-order valence-corrected chi connectivity index (χ3v) is 2.41. The van der Waals surface area contributed by atoms with Crippen LogP contribution >= 0.6 is 15.9 Å². The van der Waals surface area contributed by atoms with Gasteiger partial charge in [0.2, 0.25) is 5.91 Å². The molecule has 0 aliphatic heterocycles. The summed E-state index contributed by atoms with van der Waals surface area (Å²) in [7, 11) is 1.60. The molecule has 0 atom stereocenters. The van der Waals surface area contributed by atoms with E-state index in [1.807, 2.05) is 0 Å². The molecule has 0 aromatic heterocycles. The fraction of sp³-hybridized carbons (Fsp3) is 0.222. The van der Waals surface area contributed by atoms with Gasteiger partial charge in [0.15, 0.2) is 0 Å². The van der Waals surface area contributed by atoms with Gasteiger partial charge < -0.3 is 4.90 Å². The average molecular weight is 246 g/mol. The molecule has 0 aliphatic carbocycles. The van der Waals surface area contributed by atoms with Crippen molar-refractivity contribution in [2.24, 2.45) is 0 Å². The molecule has 1 aromatic rings. The van der Waals surface area contributed by atoms with Crippen LogP contribution in [0.5, 0.6) is 0 Å². The van der Waals surface area contributed by atoms with Crippen LogP contribution in [0.1, 0.15) is 6.92 Å². The van der Waals surface area contributed by atoms with E-state index in [0.717, 1.165) is 0 Å². The van der Waals surface area contributed by atoms with Gasteiger partial charge in [0.1, 0.15) is 5.82 Å². The highest BCUT2D eigenvalue weighted by Gasteiger charge is 2.07. The van der Waals surface area contributed by atoms with Gasteiger partial charge >= 0.3 is 0 Å². The second kappa shape index (κ2) is 3.87. The lowest BCUT2D eigenvalue weighted by Gasteiger charge is -2.14. The summed E-state index contributed by atoms with van der Waals surface area (Å²) in [6, 6.07) is 4.56. The smallest absolute Gasteiger partial charge is 0.223 e. The van der Waals surface area contributed by atoms with Crippen molar-refractivity contribution >= 4 is 27.5 Å². The van der Waals surface area contributed by atoms with E-state index in [9.17, 15) is 9.18 Å². The van der Waals surface area contributed by atoms with E-state index < -0.39 is 0 Å². The van der Waals surface area contributed by atoms with Crippen molar-refractivity contribution in [3.8, 4) is 0 Å². The molecule has 0 aliphatic rings. The van der Waals surface area contributed by atoms with E-state index >= 15 is 0 Å². The molecule has 0 N–H and O–H groups in total. The fourth-order valence-corrected chi connectivity index (χ4v) is 1.12. The Morgan fingerprint density at radius 2 is 2.15 bits per heavy atom. The minimum absolute atomic E-state index is 0.123. The quantitative estimate of drug-likeness (QED) is 0.745. The van der Waals surface area contributed by atoms with Crippen molar-refractivity contribution in [1.82, 2.24) is 0 Å². The van der Waals surface area contributed by atoms with Crippen LogP contribution in [0.3, 0.4) is 0 Å². The first-order valence-electron chi connectivity index (χ1n) is 3.71. The summed E-state index contributed by atoms with van der Waals surface area (Å²) in [6.07, 6.45) is 0. The molecule has 2 nitrogen and oxygen atoms in total. The number of carbonyl (C=O) groups excluding carboxylic acids is 1. The Hall–Kier alpha value is -0.900. The van der Waals surface area contributed by atoms with Crippen LogP contribution in [0.15, 0.2) is 22.7 Å². The van der Waals surface area contributed by atoms with E-state index in [-0.39, 0.29) is 11.7 Å². The number of amides is 1. The van der Waals surface area contributed by atoms with Gasteiger partial charge in [-0.3, -0.25) is 4.79 Å². The molecule has 0 fully saturated rings. The first-order chi connectivity index (χ1) is 6.02. The summed E-state index contributed by atoms with van der Waals surface area (Å²) >= 11 is 3.04. The Kier molecular flexibility index (Phi) is 3.03. The number of halogens is 2. The van der Waals surface area contributed by atoms with Gasteiger partial charge in [-0.25, -0.2) is 4.39 Å². The third-order valence-electron chi connectivity index (χ3n) is 1.76. The molecule has 70 valence electrons. The van der Waals surface area contributed by atoms with Crippen LogP contribution in [-0.4, -0.2) is 13.0 Å². The molecule has 4 heteroatoms. The second-order valence-corrected chi connectivity index (χ2v) is 3.53. The first kappa shape index (κ1) is 10.2. The van der Waals surface area contributed by atoms with E-state index in [2.05, 4.69) is 15.9 Å². The van der Waals surface area contributed by atoms with Gasteiger partial charge in [0.25, 0.3) is 0 Å². The van der Waals surface area contributed by atoms with Crippen molar-refractivity contribution in [3.63, 3.8) is 0 Å². The molecule has 0 unspecified atom stereocenters. The lowest BCUT2D eigenvalue weighted by Crippen LogP contribution is -2.22. The predicted octanol–water partition coefficient (Wildman–Crippen LogP) is 2.57. The lowest BCUT2D eigenvalue weighted by atomic mass is 10.3. The number of benzene rings is 1. The molecule has 1 amide bonds. The highest BCUT2D eigenvalue weighted by molar-refractivity contribution is 9.10. The molecule has 0 heterocycles. The zero-order valence-electron chi connectivity index (χ0n) is 7.34. The number of nitrogens with zero attached hydrogens (tertiary/aromatic N) is 1. The summed E-state index contributed by atoms with van der Waals surface area (Å²) in [5, 5.41) is 0. The predicted molar refractivity (Wildman–Crippen MR) is 53.2 cm³/mol. The number of carbonyl (C=O) groups is 1. The van der Waals surface area contributed by atoms with Crippen LogP contribution < -0.4 is 4.90 Å². The van der Waals surface area contributed by atoms with Gasteiger partial charge in [-0.2, -0.15) is 0 Å². The first-order valence-corrected chi connectivity index (χ1v) is 4.51. The molecular formula is C9H9BrFNO. The van der Waals surface area contributed by atoms with Crippen molar-refractivity contribution < 1.29 is 9.18 Å². The zero-order valence-corrected chi connectivity index (χ0v) is 8.93. The zero-order chi connectivity index (χ0) is 10.0. The number of rotatable bonds is 1. The van der Waals surface area contributed by atoms with Gasteiger partial charge in [-0.1, -0.05) is 0 Å². The molecule has 0 spiro atoms. The van der Waals surface area contributed by atoms with Crippen LogP contribution in [0.2, 0.25) is 0 Å². The summed E-state index contributed by atoms with van der Waals surface area (Å²) in [5.74, 6) is -0.493. The van der Waals surface area contributed by atoms with Gasteiger partial charge in [0, 0.05) is 19.7 Å². The van der Waals surface area contributed by atoms with Crippen molar-refractivity contribution in [2.45, 2.75) is 6.92 Å². The molecule has 0 saturated carbocycles. The Morgan fingerprint density at radius 1 is 1.54 bits per heavy atom. The Balaban J connectivity index is 3.03. The normalized spacial score (nSPS) is 9.85. The minimum atomic E-state index is -0.370. The van der Waals surface area contributed by atoms with Gasteiger partial charge in [-0.15, -0.1) is 0 Å². The molecule has 0 bridgehead atoms. The van der Waals surface area contributed by atoms with E-state index in [1.165, 1.54) is 17.9 Å². The topological polar surface area (TPSA) is 20.3 Å². The van der Waals surface area contributed by atoms with E-state index in [4.69, 9.17) is 0 Å². The summed E-state index contributed by atoms with van der Waals surface area (Å²) in [5.41, 5.74) is 0.549. The lowest BCUT2D eigenvalue weighted by molar-refractivity contribution is -0.116. The standard InChI is InChI=1S/C9H9BrFNO/c1-6(13)12(2)7-3-4-8(10)9(11)5-7/h3-5H,1-2H3. The van der Waals surface area contributed by atoms with Crippen molar-refractivity contribution in [1.29, 1.82) is 0 Å². The number of hydrogen-bond donors (Lipinski definition) is 0. The van der Waals surface area contributed by atoms with Crippen LogP contribution in [0.25, 0.3) is 0 Å². The summed E-state index contributed by atoms with van der Waals surface area (Å²) in [4.78, 5) is 12.3. The Bertz CT molecular complexity index is 340. The molecule has 13 heavy (non-hydrogen) atoms. The summed E-state index contributed by atoms with van der Waals surface area (Å²) in [6.45, 7) is 1.43. The highest BCUT2D eigenvalue weighted by atomic mass is 79.9.